The van der Waals surface area contributed by atoms with Gasteiger partial charge in [0.25, 0.3) is 0 Å². The second-order valence-corrected chi connectivity index (χ2v) is 15.3. The van der Waals surface area contributed by atoms with Gasteiger partial charge in [0.05, 0.1) is 17.0 Å². The van der Waals surface area contributed by atoms with Crippen molar-refractivity contribution >= 4 is 33.1 Å². The van der Waals surface area contributed by atoms with Crippen molar-refractivity contribution in [1.29, 1.82) is 0 Å². The molecule has 2 saturated heterocycles. The summed E-state index contributed by atoms with van der Waals surface area (Å²) in [5, 5.41) is 9.25. The molecular formula is C24H41ClN4O3Si. The topological polar surface area (TPSA) is 67.8 Å². The quantitative estimate of drug-likeness (QED) is 0.546. The number of ether oxygens (including phenoxy) is 1. The fraction of sp³-hybridized carbons (Fsp3) is 0.792. The second kappa shape index (κ2) is 9.70. The van der Waals surface area contributed by atoms with E-state index in [1.807, 2.05) is 26.8 Å². The maximum Gasteiger partial charge on any atom is 0.410 e. The summed E-state index contributed by atoms with van der Waals surface area (Å²) in [6.45, 7) is 20.0. The lowest BCUT2D eigenvalue weighted by Crippen LogP contribution is -2.51. The van der Waals surface area contributed by atoms with Crippen LogP contribution in [0.4, 0.5) is 10.5 Å². The van der Waals surface area contributed by atoms with Crippen molar-refractivity contribution in [2.45, 2.75) is 90.4 Å². The fourth-order valence-corrected chi connectivity index (χ4v) is 5.56. The second-order valence-electron chi connectivity index (χ2n) is 12.2. The minimum atomic E-state index is -0.596. The summed E-state index contributed by atoms with van der Waals surface area (Å²) in [7, 11) is -0.596. The van der Waals surface area contributed by atoms with Crippen molar-refractivity contribution in [3.05, 3.63) is 16.9 Å². The van der Waals surface area contributed by atoms with Crippen LogP contribution in [0.3, 0.4) is 0 Å². The minimum Gasteiger partial charge on any atom is -0.444 e. The van der Waals surface area contributed by atoms with Gasteiger partial charge in [0, 0.05) is 38.2 Å². The first kappa shape index (κ1) is 26.2. The first-order chi connectivity index (χ1) is 15.1. The third-order valence-corrected chi connectivity index (χ3v) is 8.33. The Morgan fingerprint density at radius 3 is 2.21 bits per heavy atom. The van der Waals surface area contributed by atoms with E-state index in [1.165, 1.54) is 0 Å². The van der Waals surface area contributed by atoms with Gasteiger partial charge in [-0.3, -0.25) is 0 Å². The highest BCUT2D eigenvalue weighted by atomic mass is 35.5. The van der Waals surface area contributed by atoms with Gasteiger partial charge in [-0.05, 0) is 58.4 Å². The van der Waals surface area contributed by atoms with Crippen molar-refractivity contribution in [2.75, 3.05) is 31.1 Å². The number of carbonyl (C=O) groups is 1. The van der Waals surface area contributed by atoms with Crippen LogP contribution in [0.2, 0.25) is 10.2 Å². The van der Waals surface area contributed by atoms with Crippen LogP contribution in [-0.4, -0.2) is 68.3 Å². The third kappa shape index (κ3) is 7.05. The van der Waals surface area contributed by atoms with Gasteiger partial charge in [-0.1, -0.05) is 32.4 Å². The fourth-order valence-electron chi connectivity index (χ4n) is 4.38. The van der Waals surface area contributed by atoms with Crippen LogP contribution in [0, 0.1) is 5.92 Å². The van der Waals surface area contributed by atoms with E-state index in [0.717, 1.165) is 37.3 Å². The largest absolute Gasteiger partial charge is 0.444 e. The third-order valence-electron chi connectivity index (χ3n) is 6.39. The average Bonchev–Trinajstić information content (AvgIpc) is 2.64. The Labute approximate surface area is 206 Å². The van der Waals surface area contributed by atoms with E-state index in [9.17, 15) is 4.79 Å². The van der Waals surface area contributed by atoms with Crippen molar-refractivity contribution in [1.82, 2.24) is 15.1 Å². The highest BCUT2D eigenvalue weighted by Gasteiger charge is 2.39. The number of nitrogens with zero attached hydrogens (tertiary/aromatic N) is 4. The molecule has 7 nitrogen and oxygen atoms in total. The zero-order chi connectivity index (χ0) is 24.6. The highest BCUT2D eigenvalue weighted by molar-refractivity contribution is 6.31. The number of hydrogen-bond acceptors (Lipinski definition) is 6. The molecule has 0 radical (unpaired) electrons. The predicted molar refractivity (Wildman–Crippen MR) is 136 cm³/mol. The van der Waals surface area contributed by atoms with E-state index >= 15 is 0 Å². The standard InChI is InChI=1S/C24H41ClN4O3Si/c1-22(2,3)31-21(30)29-14-16(15-29)20-18(13-19(25)26-27-20)28-11-9-17(10-12-28)24(7,8)32-33-23(4,5)6/h13,16-17H,9-12,14-15,33H2,1-8H3. The van der Waals surface area contributed by atoms with Crippen molar-refractivity contribution < 1.29 is 14.0 Å². The maximum atomic E-state index is 12.3. The van der Waals surface area contributed by atoms with Crippen molar-refractivity contribution in [2.24, 2.45) is 5.92 Å². The summed E-state index contributed by atoms with van der Waals surface area (Å²) in [6, 6.07) is 1.93. The molecule has 0 aromatic carbocycles. The van der Waals surface area contributed by atoms with Crippen molar-refractivity contribution in [3.63, 3.8) is 0 Å². The summed E-state index contributed by atoms with van der Waals surface area (Å²) in [5.41, 5.74) is 1.38. The summed E-state index contributed by atoms with van der Waals surface area (Å²) < 4.78 is 12.0. The van der Waals surface area contributed by atoms with Crippen LogP contribution in [-0.2, 0) is 9.16 Å². The van der Waals surface area contributed by atoms with Crippen LogP contribution < -0.4 is 4.90 Å². The number of amides is 1. The summed E-state index contributed by atoms with van der Waals surface area (Å²) in [4.78, 5) is 16.4. The number of likely N-dealkylation sites (tertiary alicyclic amines) is 1. The van der Waals surface area contributed by atoms with Crippen LogP contribution in [0.5, 0.6) is 0 Å². The normalized spacial score (nSPS) is 19.3. The molecular weight excluding hydrogens is 456 g/mol. The molecule has 0 spiro atoms. The molecule has 2 aliphatic rings. The number of hydrogen-bond donors (Lipinski definition) is 0. The molecule has 0 saturated carbocycles. The molecule has 0 N–H and O–H groups in total. The number of carbonyl (C=O) groups excluding carboxylic acids is 1. The van der Waals surface area contributed by atoms with Gasteiger partial charge in [-0.25, -0.2) is 4.79 Å². The SMILES string of the molecule is CC(C)(C)OC(=O)N1CC(c2nnc(Cl)cc2N2CCC(C(C)(C)O[SiH2]C(C)(C)C)CC2)C1. The number of piperidine rings is 1. The Hall–Kier alpha value is -1.38. The monoisotopic (exact) mass is 496 g/mol. The van der Waals surface area contributed by atoms with Crippen LogP contribution >= 0.6 is 11.6 Å². The molecule has 0 unspecified atom stereocenters. The summed E-state index contributed by atoms with van der Waals surface area (Å²) in [6.07, 6.45) is 1.86. The molecule has 1 aromatic heterocycles. The Morgan fingerprint density at radius 1 is 1.06 bits per heavy atom. The van der Waals surface area contributed by atoms with Gasteiger partial charge in [0.1, 0.15) is 5.60 Å². The van der Waals surface area contributed by atoms with E-state index in [2.05, 4.69) is 49.7 Å². The first-order valence-corrected chi connectivity index (χ1v) is 13.7. The summed E-state index contributed by atoms with van der Waals surface area (Å²) >= 11 is 6.24. The number of aromatic nitrogens is 2. The average molecular weight is 497 g/mol. The molecule has 186 valence electrons. The van der Waals surface area contributed by atoms with Gasteiger partial charge in [0.2, 0.25) is 0 Å². The van der Waals surface area contributed by atoms with E-state index < -0.39 is 15.4 Å². The molecule has 0 atom stereocenters. The van der Waals surface area contributed by atoms with Gasteiger partial charge >= 0.3 is 6.09 Å². The van der Waals surface area contributed by atoms with Gasteiger partial charge in [0.15, 0.2) is 14.9 Å². The van der Waals surface area contributed by atoms with Gasteiger partial charge < -0.3 is 19.0 Å². The Kier molecular flexibility index (Phi) is 7.71. The lowest BCUT2D eigenvalue weighted by atomic mass is 9.83. The zero-order valence-corrected chi connectivity index (χ0v) is 23.7. The zero-order valence-electron chi connectivity index (χ0n) is 21.6. The van der Waals surface area contributed by atoms with Crippen LogP contribution in [0.25, 0.3) is 0 Å². The highest BCUT2D eigenvalue weighted by Crippen LogP contribution is 2.38. The smallest absolute Gasteiger partial charge is 0.410 e. The van der Waals surface area contributed by atoms with E-state index in [0.29, 0.717) is 29.2 Å². The van der Waals surface area contributed by atoms with E-state index in [1.54, 1.807) is 4.90 Å². The number of rotatable bonds is 5. The molecule has 9 heteroatoms. The van der Waals surface area contributed by atoms with E-state index in [-0.39, 0.29) is 17.6 Å². The molecule has 2 fully saturated rings. The Bertz CT molecular complexity index is 839. The number of anilines is 1. The molecule has 2 aliphatic heterocycles. The molecule has 3 rings (SSSR count). The maximum absolute atomic E-state index is 12.3. The molecule has 1 aromatic rings. The Morgan fingerprint density at radius 2 is 1.67 bits per heavy atom. The molecule has 0 aliphatic carbocycles. The number of halogens is 1. The molecule has 33 heavy (non-hydrogen) atoms. The Balaban J connectivity index is 1.62. The lowest BCUT2D eigenvalue weighted by Gasteiger charge is -2.44. The minimum absolute atomic E-state index is 0.0928. The van der Waals surface area contributed by atoms with Gasteiger partial charge in [-0.15, -0.1) is 5.10 Å². The lowest BCUT2D eigenvalue weighted by molar-refractivity contribution is 0.00782. The molecule has 3 heterocycles. The molecule has 1 amide bonds. The van der Waals surface area contributed by atoms with Crippen molar-refractivity contribution in [3.8, 4) is 0 Å². The molecule has 0 bridgehead atoms. The van der Waals surface area contributed by atoms with Crippen LogP contribution in [0.15, 0.2) is 6.07 Å². The van der Waals surface area contributed by atoms with E-state index in [4.69, 9.17) is 20.8 Å². The predicted octanol–water partition coefficient (Wildman–Crippen LogP) is 4.78. The van der Waals surface area contributed by atoms with Crippen LogP contribution in [0.1, 0.15) is 79.8 Å². The first-order valence-electron chi connectivity index (χ1n) is 12.0. The summed E-state index contributed by atoms with van der Waals surface area (Å²) in [5.74, 6) is 0.677. The van der Waals surface area contributed by atoms with Gasteiger partial charge in [-0.2, -0.15) is 5.10 Å².